The van der Waals surface area contributed by atoms with Crippen LogP contribution in [0.1, 0.15) is 22.8 Å². The van der Waals surface area contributed by atoms with Gasteiger partial charge in [-0.15, -0.1) is 0 Å². The fraction of sp³-hybridized carbons (Fsp3) is 0.333. The summed E-state index contributed by atoms with van der Waals surface area (Å²) < 4.78 is 34.2. The number of nitrogens with one attached hydrogen (secondary N) is 1. The molecule has 1 aliphatic heterocycles. The van der Waals surface area contributed by atoms with Gasteiger partial charge in [-0.1, -0.05) is 23.5 Å². The number of hydrogen-bond acceptors (Lipinski definition) is 6. The van der Waals surface area contributed by atoms with Crippen molar-refractivity contribution in [1.82, 2.24) is 8.87 Å². The van der Waals surface area contributed by atoms with Crippen LogP contribution in [0.5, 0.6) is 0 Å². The summed E-state index contributed by atoms with van der Waals surface area (Å²) in [6.07, 6.45) is 0. The van der Waals surface area contributed by atoms with Crippen molar-refractivity contribution in [2.75, 3.05) is 31.6 Å². The highest BCUT2D eigenvalue weighted by Crippen LogP contribution is 2.22. The molecule has 1 amide bonds. The average molecular weight is 462 g/mol. The minimum Gasteiger partial charge on any atom is -0.379 e. The van der Waals surface area contributed by atoms with E-state index in [0.717, 1.165) is 21.6 Å². The molecule has 0 aliphatic carbocycles. The van der Waals surface area contributed by atoms with Crippen LogP contribution in [0.2, 0.25) is 0 Å². The predicted molar refractivity (Wildman–Crippen MR) is 121 cm³/mol. The molecule has 0 radical (unpaired) electrons. The molecule has 0 bridgehead atoms. The third-order valence-corrected chi connectivity index (χ3v) is 7.96. The number of nitrogens with zero attached hydrogens (tertiary/aromatic N) is 2. The minimum absolute atomic E-state index is 0.0244. The van der Waals surface area contributed by atoms with E-state index in [9.17, 15) is 18.0 Å². The molecule has 0 saturated carbocycles. The number of aromatic nitrogens is 1. The van der Waals surface area contributed by atoms with Crippen molar-refractivity contribution in [2.45, 2.75) is 19.2 Å². The van der Waals surface area contributed by atoms with Crippen LogP contribution in [-0.4, -0.2) is 49.5 Å². The van der Waals surface area contributed by atoms with E-state index >= 15 is 0 Å². The number of carbonyl (C=O) groups excluding carboxylic acids is 1. The molecule has 0 unspecified atom stereocenters. The molecule has 31 heavy (non-hydrogen) atoms. The van der Waals surface area contributed by atoms with E-state index < -0.39 is 10.0 Å². The van der Waals surface area contributed by atoms with Crippen molar-refractivity contribution in [3.63, 3.8) is 0 Å². The smallest absolute Gasteiger partial charge is 0.308 e. The highest BCUT2D eigenvalue weighted by Gasteiger charge is 2.24. The summed E-state index contributed by atoms with van der Waals surface area (Å²) in [5.41, 5.74) is 2.49. The first-order chi connectivity index (χ1) is 14.9. The summed E-state index contributed by atoms with van der Waals surface area (Å²) in [6, 6.07) is 11.9. The topological polar surface area (TPSA) is 97.7 Å². The van der Waals surface area contributed by atoms with Gasteiger partial charge in [-0.25, -0.2) is 8.42 Å². The maximum atomic E-state index is 12.6. The van der Waals surface area contributed by atoms with Crippen molar-refractivity contribution >= 4 is 43.2 Å². The normalized spacial score (nSPS) is 15.3. The molecule has 0 atom stereocenters. The van der Waals surface area contributed by atoms with Crippen LogP contribution in [0.4, 0.5) is 5.69 Å². The Morgan fingerprint density at radius 2 is 1.84 bits per heavy atom. The lowest BCUT2D eigenvalue weighted by molar-refractivity contribution is 0.0729. The van der Waals surface area contributed by atoms with Crippen LogP contribution in [0.3, 0.4) is 0 Å². The summed E-state index contributed by atoms with van der Waals surface area (Å²) in [6.45, 7) is 4.05. The number of morpholine rings is 1. The molecule has 1 fully saturated rings. The number of ether oxygens (including phenoxy) is 1. The summed E-state index contributed by atoms with van der Waals surface area (Å²) in [4.78, 5) is 24.6. The average Bonchev–Trinajstić information content (AvgIpc) is 3.08. The van der Waals surface area contributed by atoms with Crippen molar-refractivity contribution in [2.24, 2.45) is 0 Å². The molecule has 1 N–H and O–H groups in total. The maximum absolute atomic E-state index is 12.6. The predicted octanol–water partition coefficient (Wildman–Crippen LogP) is 2.50. The minimum atomic E-state index is -3.42. The Morgan fingerprint density at radius 1 is 1.13 bits per heavy atom. The first-order valence-electron chi connectivity index (χ1n) is 9.96. The monoisotopic (exact) mass is 461 g/mol. The molecule has 1 saturated heterocycles. The molecular weight excluding hydrogens is 438 g/mol. The molecule has 2 aromatic carbocycles. The van der Waals surface area contributed by atoms with Gasteiger partial charge in [-0.2, -0.15) is 4.31 Å². The largest absolute Gasteiger partial charge is 0.379 e. The molecule has 1 aromatic heterocycles. The van der Waals surface area contributed by atoms with Crippen molar-refractivity contribution in [1.29, 1.82) is 0 Å². The lowest BCUT2D eigenvalue weighted by Gasteiger charge is -2.26. The molecule has 4 rings (SSSR count). The molecule has 2 heterocycles. The van der Waals surface area contributed by atoms with E-state index in [2.05, 4.69) is 5.32 Å². The van der Waals surface area contributed by atoms with Crippen LogP contribution >= 0.6 is 11.3 Å². The molecule has 1 aliphatic rings. The fourth-order valence-electron chi connectivity index (χ4n) is 3.53. The fourth-order valence-corrected chi connectivity index (χ4v) is 6.02. The van der Waals surface area contributed by atoms with E-state index in [-0.39, 0.29) is 16.5 Å². The zero-order valence-electron chi connectivity index (χ0n) is 17.0. The highest BCUT2D eigenvalue weighted by molar-refractivity contribution is 7.88. The van der Waals surface area contributed by atoms with Gasteiger partial charge in [0.05, 0.1) is 29.2 Å². The van der Waals surface area contributed by atoms with E-state index in [1.807, 2.05) is 13.0 Å². The third kappa shape index (κ3) is 4.72. The van der Waals surface area contributed by atoms with Crippen LogP contribution in [0.15, 0.2) is 47.3 Å². The Kier molecular flexibility index (Phi) is 6.24. The number of amides is 1. The standard InChI is InChI=1S/C21H23N3O5S2/c1-2-24-18-8-7-17(13-19(18)30-21(24)26)22-20(25)16-5-3-15(4-6-16)14-31(27,28)23-9-11-29-12-10-23/h3-8,13H,2,9-12,14H2,1H3,(H,22,25). The first kappa shape index (κ1) is 21.7. The summed E-state index contributed by atoms with van der Waals surface area (Å²) in [5, 5.41) is 2.83. The van der Waals surface area contributed by atoms with Gasteiger partial charge in [0, 0.05) is 30.9 Å². The Balaban J connectivity index is 1.44. The lowest BCUT2D eigenvalue weighted by Crippen LogP contribution is -2.41. The molecule has 10 heteroatoms. The lowest BCUT2D eigenvalue weighted by atomic mass is 10.1. The van der Waals surface area contributed by atoms with Gasteiger partial charge in [0.2, 0.25) is 10.0 Å². The molecule has 0 spiro atoms. The van der Waals surface area contributed by atoms with Gasteiger partial charge in [0.1, 0.15) is 0 Å². The summed E-state index contributed by atoms with van der Waals surface area (Å²) in [7, 11) is -3.42. The Labute approximate surface area is 184 Å². The number of hydrogen-bond donors (Lipinski definition) is 1. The first-order valence-corrected chi connectivity index (χ1v) is 12.4. The van der Waals surface area contributed by atoms with Gasteiger partial charge in [0.15, 0.2) is 0 Å². The SMILES string of the molecule is CCn1c(=O)sc2cc(NC(=O)c3ccc(CS(=O)(=O)N4CCOCC4)cc3)ccc21. The number of carbonyl (C=O) groups is 1. The highest BCUT2D eigenvalue weighted by atomic mass is 32.2. The Morgan fingerprint density at radius 3 is 2.52 bits per heavy atom. The number of fused-ring (bicyclic) bond motifs is 1. The van der Waals surface area contributed by atoms with Gasteiger partial charge in [0.25, 0.3) is 5.91 Å². The number of thiazole rings is 1. The van der Waals surface area contributed by atoms with E-state index in [1.165, 1.54) is 4.31 Å². The van der Waals surface area contributed by atoms with Gasteiger partial charge >= 0.3 is 4.87 Å². The molecule has 164 valence electrons. The number of rotatable bonds is 6. The van der Waals surface area contributed by atoms with E-state index in [1.54, 1.807) is 41.0 Å². The van der Waals surface area contributed by atoms with Gasteiger partial charge in [-0.3, -0.25) is 14.2 Å². The number of aryl methyl sites for hydroxylation is 1. The summed E-state index contributed by atoms with van der Waals surface area (Å²) in [5.74, 6) is -0.414. The number of sulfonamides is 1. The third-order valence-electron chi connectivity index (χ3n) is 5.17. The second-order valence-corrected chi connectivity index (χ2v) is 10.2. The summed E-state index contributed by atoms with van der Waals surface area (Å²) >= 11 is 1.15. The van der Waals surface area contributed by atoms with Gasteiger partial charge < -0.3 is 10.1 Å². The van der Waals surface area contributed by atoms with Crippen molar-refractivity contribution in [3.05, 3.63) is 63.3 Å². The zero-order valence-corrected chi connectivity index (χ0v) is 18.7. The quantitative estimate of drug-likeness (QED) is 0.608. The molecular formula is C21H23N3O5S2. The van der Waals surface area contributed by atoms with Crippen LogP contribution in [0.25, 0.3) is 10.2 Å². The second kappa shape index (κ2) is 8.91. The van der Waals surface area contributed by atoms with Crippen LogP contribution in [0, 0.1) is 0 Å². The van der Waals surface area contributed by atoms with Gasteiger partial charge in [-0.05, 0) is 42.8 Å². The van der Waals surface area contributed by atoms with E-state index in [0.29, 0.717) is 49.7 Å². The Bertz CT molecular complexity index is 1260. The van der Waals surface area contributed by atoms with Crippen molar-refractivity contribution < 1.29 is 17.9 Å². The zero-order chi connectivity index (χ0) is 22.0. The van der Waals surface area contributed by atoms with Crippen LogP contribution < -0.4 is 10.2 Å². The van der Waals surface area contributed by atoms with Crippen LogP contribution in [-0.2, 0) is 27.1 Å². The second-order valence-electron chi connectivity index (χ2n) is 7.21. The van der Waals surface area contributed by atoms with E-state index in [4.69, 9.17) is 4.74 Å². The maximum Gasteiger partial charge on any atom is 0.308 e. The number of benzene rings is 2. The molecule has 8 nitrogen and oxygen atoms in total. The van der Waals surface area contributed by atoms with Crippen molar-refractivity contribution in [3.8, 4) is 0 Å². The Hall–Kier alpha value is -2.53. The molecule has 3 aromatic rings. The number of anilines is 1.